The van der Waals surface area contributed by atoms with Crippen molar-refractivity contribution in [3.05, 3.63) is 6.42 Å². The van der Waals surface area contributed by atoms with Crippen LogP contribution < -0.4 is 10.6 Å². The lowest BCUT2D eigenvalue weighted by Gasteiger charge is -2.35. The van der Waals surface area contributed by atoms with E-state index in [1.54, 1.807) is 0 Å². The lowest BCUT2D eigenvalue weighted by atomic mass is 9.98. The van der Waals surface area contributed by atoms with Crippen molar-refractivity contribution in [1.29, 1.82) is 0 Å². The maximum absolute atomic E-state index is 12.9. The van der Waals surface area contributed by atoms with Crippen LogP contribution >= 0.6 is 0 Å². The zero-order chi connectivity index (χ0) is 34.9. The second-order valence-corrected chi connectivity index (χ2v) is 15.5. The monoisotopic (exact) mass is 664 g/mol. The predicted octanol–water partition coefficient (Wildman–Crippen LogP) is 12.1. The number of aliphatic hydroxyl groups excluding tert-OH is 1. The number of hydrogen-bond donors (Lipinski definition) is 3. The molecule has 0 bridgehead atoms. The van der Waals surface area contributed by atoms with E-state index in [0.717, 1.165) is 37.5 Å². The van der Waals surface area contributed by atoms with Crippen LogP contribution in [0.2, 0.25) is 0 Å². The van der Waals surface area contributed by atoms with Crippen LogP contribution in [0.25, 0.3) is 0 Å². The highest BCUT2D eigenvalue weighted by Gasteiger charge is 2.31. The van der Waals surface area contributed by atoms with Crippen LogP contribution in [0.1, 0.15) is 227 Å². The van der Waals surface area contributed by atoms with E-state index in [1.807, 2.05) is 13.3 Å². The van der Waals surface area contributed by atoms with E-state index in [-0.39, 0.29) is 18.4 Å². The van der Waals surface area contributed by atoms with Crippen molar-refractivity contribution in [2.75, 3.05) is 6.61 Å². The van der Waals surface area contributed by atoms with Gasteiger partial charge in [-0.2, -0.15) is 0 Å². The standard InChI is InChI=1S/C42H83N2O3/c1-6-42(36-31-37-45,43-40(46)34-29-25-21-17-13-9-7-11-15-19-23-27-32-38(2)3)44-41(47)35-30-26-22-18-14-10-8-12-16-20-24-28-33-39(4)5/h36,38-39,45H,6-35,37H2,1-5H3,(H,43,46)(H,44,47). The first-order valence-electron chi connectivity index (χ1n) is 20.8. The van der Waals surface area contributed by atoms with Crippen LogP contribution in [0.3, 0.4) is 0 Å². The maximum Gasteiger partial charge on any atom is 0.221 e. The third kappa shape index (κ3) is 31.9. The fourth-order valence-corrected chi connectivity index (χ4v) is 6.60. The first-order chi connectivity index (χ1) is 22.7. The number of hydrogen-bond acceptors (Lipinski definition) is 3. The van der Waals surface area contributed by atoms with Gasteiger partial charge in [0.1, 0.15) is 5.66 Å². The van der Waals surface area contributed by atoms with Gasteiger partial charge in [0.05, 0.1) is 0 Å². The van der Waals surface area contributed by atoms with Crippen molar-refractivity contribution in [1.82, 2.24) is 10.6 Å². The third-order valence-corrected chi connectivity index (χ3v) is 9.78. The van der Waals surface area contributed by atoms with E-state index in [9.17, 15) is 14.7 Å². The molecule has 0 saturated carbocycles. The van der Waals surface area contributed by atoms with Crippen molar-refractivity contribution in [3.8, 4) is 0 Å². The fraction of sp³-hybridized carbons (Fsp3) is 0.929. The molecule has 0 rings (SSSR count). The molecular weight excluding hydrogens is 580 g/mol. The van der Waals surface area contributed by atoms with Gasteiger partial charge in [0.25, 0.3) is 0 Å². The second kappa shape index (κ2) is 33.4. The minimum Gasteiger partial charge on any atom is -0.396 e. The van der Waals surface area contributed by atoms with E-state index in [0.29, 0.717) is 25.7 Å². The molecule has 0 aliphatic heterocycles. The topological polar surface area (TPSA) is 78.4 Å². The van der Waals surface area contributed by atoms with Gasteiger partial charge < -0.3 is 15.7 Å². The smallest absolute Gasteiger partial charge is 0.221 e. The first-order valence-corrected chi connectivity index (χ1v) is 20.8. The van der Waals surface area contributed by atoms with Gasteiger partial charge in [-0.15, -0.1) is 0 Å². The molecule has 0 aliphatic rings. The van der Waals surface area contributed by atoms with Gasteiger partial charge in [-0.05, 0) is 37.5 Å². The Morgan fingerprint density at radius 1 is 0.511 bits per heavy atom. The summed E-state index contributed by atoms with van der Waals surface area (Å²) in [6.45, 7) is 11.2. The van der Waals surface area contributed by atoms with Crippen molar-refractivity contribution in [2.45, 2.75) is 233 Å². The third-order valence-electron chi connectivity index (χ3n) is 9.78. The van der Waals surface area contributed by atoms with Crippen LogP contribution in [0.5, 0.6) is 0 Å². The molecule has 5 nitrogen and oxygen atoms in total. The molecule has 47 heavy (non-hydrogen) atoms. The van der Waals surface area contributed by atoms with Gasteiger partial charge in [0.2, 0.25) is 11.8 Å². The summed E-state index contributed by atoms with van der Waals surface area (Å²) in [7, 11) is 0. The molecular formula is C42H83N2O3. The summed E-state index contributed by atoms with van der Waals surface area (Å²) < 4.78 is 0. The van der Waals surface area contributed by atoms with E-state index >= 15 is 0 Å². The fourth-order valence-electron chi connectivity index (χ4n) is 6.60. The Kier molecular flexibility index (Phi) is 32.6. The maximum atomic E-state index is 12.9. The summed E-state index contributed by atoms with van der Waals surface area (Å²) in [5.74, 6) is 1.66. The Hall–Kier alpha value is -1.10. The largest absolute Gasteiger partial charge is 0.396 e. The van der Waals surface area contributed by atoms with E-state index in [4.69, 9.17) is 0 Å². The molecule has 0 atom stereocenters. The molecule has 5 heteroatoms. The highest BCUT2D eigenvalue weighted by atomic mass is 16.3. The molecule has 0 heterocycles. The summed E-state index contributed by atoms with van der Waals surface area (Å²) in [5.41, 5.74) is -0.875. The van der Waals surface area contributed by atoms with Crippen molar-refractivity contribution in [3.63, 3.8) is 0 Å². The normalized spacial score (nSPS) is 11.9. The average molecular weight is 664 g/mol. The van der Waals surface area contributed by atoms with E-state index < -0.39 is 5.66 Å². The predicted molar refractivity (Wildman–Crippen MR) is 204 cm³/mol. The van der Waals surface area contributed by atoms with Crippen molar-refractivity contribution in [2.24, 2.45) is 11.8 Å². The summed E-state index contributed by atoms with van der Waals surface area (Å²) in [5, 5.41) is 15.7. The number of rotatable bonds is 36. The van der Waals surface area contributed by atoms with E-state index in [2.05, 4.69) is 38.3 Å². The van der Waals surface area contributed by atoms with Crippen LogP contribution in [0.4, 0.5) is 0 Å². The van der Waals surface area contributed by atoms with Crippen molar-refractivity contribution >= 4 is 11.8 Å². The molecule has 0 unspecified atom stereocenters. The molecule has 0 aromatic heterocycles. The van der Waals surface area contributed by atoms with Crippen LogP contribution in [-0.4, -0.2) is 29.2 Å². The molecule has 3 N–H and O–H groups in total. The number of carbonyl (C=O) groups excluding carboxylic acids is 2. The van der Waals surface area contributed by atoms with Crippen LogP contribution in [0, 0.1) is 18.3 Å². The minimum atomic E-state index is -0.875. The van der Waals surface area contributed by atoms with Crippen molar-refractivity contribution < 1.29 is 14.7 Å². The number of amides is 2. The first kappa shape index (κ1) is 45.9. The highest BCUT2D eigenvalue weighted by molar-refractivity contribution is 5.80. The van der Waals surface area contributed by atoms with Gasteiger partial charge >= 0.3 is 0 Å². The molecule has 279 valence electrons. The van der Waals surface area contributed by atoms with Crippen LogP contribution in [0.15, 0.2) is 0 Å². The number of aliphatic hydroxyl groups is 1. The lowest BCUT2D eigenvalue weighted by Crippen LogP contribution is -2.60. The molecule has 0 aliphatic carbocycles. The summed E-state index contributed by atoms with van der Waals surface area (Å²) >= 11 is 0. The van der Waals surface area contributed by atoms with Gasteiger partial charge in [0, 0.05) is 25.9 Å². The molecule has 2 amide bonds. The SMILES string of the molecule is CCC([CH]CCO)(NC(=O)CCCCCCCCCCCCCCC(C)C)NC(=O)CCCCCCCCCCCCCCC(C)C. The van der Waals surface area contributed by atoms with Crippen LogP contribution in [-0.2, 0) is 9.59 Å². The quantitative estimate of drug-likeness (QED) is 0.0461. The second-order valence-electron chi connectivity index (χ2n) is 15.5. The Bertz CT molecular complexity index is 643. The highest BCUT2D eigenvalue weighted by Crippen LogP contribution is 2.18. The summed E-state index contributed by atoms with van der Waals surface area (Å²) in [6, 6.07) is 0. The Morgan fingerprint density at radius 2 is 0.787 bits per heavy atom. The van der Waals surface area contributed by atoms with Gasteiger partial charge in [-0.25, -0.2) is 0 Å². The summed E-state index contributed by atoms with van der Waals surface area (Å²) in [4.78, 5) is 25.7. The Balaban J connectivity index is 3.98. The molecule has 0 fully saturated rings. The molecule has 0 aromatic rings. The average Bonchev–Trinajstić information content (AvgIpc) is 3.03. The minimum absolute atomic E-state index is 0.00406. The Morgan fingerprint density at radius 3 is 1.04 bits per heavy atom. The zero-order valence-electron chi connectivity index (χ0n) is 32.4. The van der Waals surface area contributed by atoms with Gasteiger partial charge in [0.15, 0.2) is 0 Å². The zero-order valence-corrected chi connectivity index (χ0v) is 32.4. The van der Waals surface area contributed by atoms with E-state index in [1.165, 1.54) is 141 Å². The van der Waals surface area contributed by atoms with Gasteiger partial charge in [-0.1, -0.05) is 189 Å². The molecule has 1 radical (unpaired) electrons. The molecule has 0 aromatic carbocycles. The number of nitrogens with one attached hydrogen (secondary N) is 2. The summed E-state index contributed by atoms with van der Waals surface area (Å²) in [6.07, 6.45) is 37.3. The molecule has 0 saturated heterocycles. The Labute approximate surface area is 294 Å². The number of unbranched alkanes of at least 4 members (excludes halogenated alkanes) is 22. The molecule has 0 spiro atoms. The number of carbonyl (C=O) groups is 2. The lowest BCUT2D eigenvalue weighted by molar-refractivity contribution is -0.126. The van der Waals surface area contributed by atoms with Gasteiger partial charge in [-0.3, -0.25) is 9.59 Å².